The first-order valence-corrected chi connectivity index (χ1v) is 7.69. The number of piperidine rings is 1. The highest BCUT2D eigenvalue weighted by atomic mass is 35.5. The molecule has 0 spiro atoms. The van der Waals surface area contributed by atoms with Crippen molar-refractivity contribution in [3.8, 4) is 0 Å². The van der Waals surface area contributed by atoms with Crippen molar-refractivity contribution in [2.24, 2.45) is 0 Å². The molecule has 1 fully saturated rings. The van der Waals surface area contributed by atoms with Gasteiger partial charge in [-0.3, -0.25) is 4.79 Å². The average molecular weight is 306 g/mol. The number of hydrogen-bond donors (Lipinski definition) is 1. The summed E-state index contributed by atoms with van der Waals surface area (Å²) in [4.78, 5) is 18.9. The number of anilines is 1. The highest BCUT2D eigenvalue weighted by molar-refractivity contribution is 6.31. The molecular formula is C16H20ClN3O. The minimum absolute atomic E-state index is 0.143. The van der Waals surface area contributed by atoms with Crippen molar-refractivity contribution in [1.82, 2.24) is 9.88 Å². The summed E-state index contributed by atoms with van der Waals surface area (Å²) in [6, 6.07) is 6.43. The summed E-state index contributed by atoms with van der Waals surface area (Å²) in [5.41, 5.74) is 2.25. The van der Waals surface area contributed by atoms with E-state index >= 15 is 0 Å². The zero-order valence-electron chi connectivity index (χ0n) is 12.4. The second-order valence-electron chi connectivity index (χ2n) is 5.71. The van der Waals surface area contributed by atoms with Gasteiger partial charge in [-0.05, 0) is 31.0 Å². The van der Waals surface area contributed by atoms with Crippen LogP contribution < -0.4 is 4.90 Å². The van der Waals surface area contributed by atoms with Crippen molar-refractivity contribution in [1.29, 1.82) is 0 Å². The number of aromatic nitrogens is 1. The molecule has 2 heterocycles. The number of halogens is 1. The van der Waals surface area contributed by atoms with Crippen molar-refractivity contribution < 1.29 is 4.79 Å². The number of nitrogens with one attached hydrogen (secondary N) is 1. The molecular weight excluding hydrogens is 286 g/mol. The smallest absolute Gasteiger partial charge is 0.219 e. The first-order valence-electron chi connectivity index (χ1n) is 7.31. The molecule has 0 atom stereocenters. The SMILES string of the molecule is CC(=O)N(C)C1CCN(c2cc(Cl)cc3[nH]ccc23)CC1. The van der Waals surface area contributed by atoms with Crippen LogP contribution in [0.4, 0.5) is 5.69 Å². The highest BCUT2D eigenvalue weighted by Crippen LogP contribution is 2.32. The molecule has 0 saturated carbocycles. The first-order chi connectivity index (χ1) is 10.1. The molecule has 4 nitrogen and oxygen atoms in total. The highest BCUT2D eigenvalue weighted by Gasteiger charge is 2.24. The molecule has 2 aromatic rings. The molecule has 1 N–H and O–H groups in total. The Kier molecular flexibility index (Phi) is 3.81. The van der Waals surface area contributed by atoms with Crippen molar-refractivity contribution >= 4 is 34.1 Å². The molecule has 1 aromatic carbocycles. The summed E-state index contributed by atoms with van der Waals surface area (Å²) in [6.45, 7) is 3.53. The maximum Gasteiger partial charge on any atom is 0.219 e. The summed E-state index contributed by atoms with van der Waals surface area (Å²) < 4.78 is 0. The van der Waals surface area contributed by atoms with Crippen LogP contribution in [0.1, 0.15) is 19.8 Å². The van der Waals surface area contributed by atoms with Crippen LogP contribution >= 0.6 is 11.6 Å². The largest absolute Gasteiger partial charge is 0.371 e. The number of carbonyl (C=O) groups excluding carboxylic acids is 1. The Morgan fingerprint density at radius 1 is 1.38 bits per heavy atom. The molecule has 0 bridgehead atoms. The van der Waals surface area contributed by atoms with Crippen LogP contribution in [0.25, 0.3) is 10.9 Å². The second-order valence-corrected chi connectivity index (χ2v) is 6.15. The van der Waals surface area contributed by atoms with Crippen LogP contribution in [0.15, 0.2) is 24.4 Å². The lowest BCUT2D eigenvalue weighted by Gasteiger charge is -2.37. The molecule has 1 aromatic heterocycles. The maximum atomic E-state index is 11.5. The van der Waals surface area contributed by atoms with E-state index in [2.05, 4.69) is 16.0 Å². The number of aromatic amines is 1. The predicted molar refractivity (Wildman–Crippen MR) is 87.0 cm³/mol. The summed E-state index contributed by atoms with van der Waals surface area (Å²) in [5, 5.41) is 1.96. The lowest BCUT2D eigenvalue weighted by molar-refractivity contribution is -0.129. The van der Waals surface area contributed by atoms with Crippen LogP contribution in [0.5, 0.6) is 0 Å². The van der Waals surface area contributed by atoms with Gasteiger partial charge in [0.1, 0.15) is 0 Å². The number of rotatable bonds is 2. The average Bonchev–Trinajstić information content (AvgIpc) is 2.93. The van der Waals surface area contributed by atoms with Gasteiger partial charge in [0.25, 0.3) is 0 Å². The molecule has 112 valence electrons. The zero-order chi connectivity index (χ0) is 15.0. The quantitative estimate of drug-likeness (QED) is 0.925. The van der Waals surface area contributed by atoms with Gasteiger partial charge in [0.05, 0.1) is 0 Å². The van der Waals surface area contributed by atoms with Gasteiger partial charge in [-0.1, -0.05) is 11.6 Å². The van der Waals surface area contributed by atoms with E-state index in [1.54, 1.807) is 6.92 Å². The number of benzene rings is 1. The number of H-pyrrole nitrogens is 1. The van der Waals surface area contributed by atoms with Gasteiger partial charge in [-0.25, -0.2) is 0 Å². The number of hydrogen-bond acceptors (Lipinski definition) is 2. The molecule has 1 saturated heterocycles. The van der Waals surface area contributed by atoms with E-state index in [9.17, 15) is 4.79 Å². The fraction of sp³-hybridized carbons (Fsp3) is 0.438. The Balaban J connectivity index is 1.80. The van der Waals surface area contributed by atoms with E-state index in [1.807, 2.05) is 30.3 Å². The van der Waals surface area contributed by atoms with E-state index in [1.165, 1.54) is 11.1 Å². The molecule has 1 amide bonds. The number of carbonyl (C=O) groups is 1. The van der Waals surface area contributed by atoms with E-state index in [0.29, 0.717) is 6.04 Å². The first kappa shape index (κ1) is 14.3. The fourth-order valence-electron chi connectivity index (χ4n) is 3.13. The summed E-state index contributed by atoms with van der Waals surface area (Å²) in [6.07, 6.45) is 3.93. The van der Waals surface area contributed by atoms with E-state index < -0.39 is 0 Å². The van der Waals surface area contributed by atoms with Crippen molar-refractivity contribution in [2.45, 2.75) is 25.8 Å². The standard InChI is InChI=1S/C16H20ClN3O/c1-11(21)19(2)13-4-7-20(8-5-13)16-10-12(17)9-15-14(16)3-6-18-15/h3,6,9-10,13,18H,4-5,7-8H2,1-2H3. The maximum absolute atomic E-state index is 11.5. The van der Waals surface area contributed by atoms with E-state index in [4.69, 9.17) is 11.6 Å². The number of fused-ring (bicyclic) bond motifs is 1. The lowest BCUT2D eigenvalue weighted by Crippen LogP contribution is -2.45. The van der Waals surface area contributed by atoms with Crippen molar-refractivity contribution in [3.63, 3.8) is 0 Å². The van der Waals surface area contributed by atoms with Crippen molar-refractivity contribution in [2.75, 3.05) is 25.0 Å². The Morgan fingerprint density at radius 3 is 2.76 bits per heavy atom. The van der Waals surface area contributed by atoms with E-state index in [-0.39, 0.29) is 5.91 Å². The Hall–Kier alpha value is -1.68. The van der Waals surface area contributed by atoms with E-state index in [0.717, 1.165) is 36.5 Å². The monoisotopic (exact) mass is 305 g/mol. The van der Waals surface area contributed by atoms with Gasteiger partial charge in [-0.15, -0.1) is 0 Å². The van der Waals surface area contributed by atoms with Gasteiger partial charge >= 0.3 is 0 Å². The van der Waals surface area contributed by atoms with Gasteiger partial charge in [0.15, 0.2) is 0 Å². The summed E-state index contributed by atoms with van der Waals surface area (Å²) >= 11 is 6.22. The van der Waals surface area contributed by atoms with Crippen LogP contribution in [0, 0.1) is 0 Å². The third-order valence-corrected chi connectivity index (χ3v) is 4.68. The normalized spacial score (nSPS) is 16.4. The Morgan fingerprint density at radius 2 is 2.10 bits per heavy atom. The topological polar surface area (TPSA) is 39.3 Å². The molecule has 1 aliphatic rings. The molecule has 5 heteroatoms. The van der Waals surface area contributed by atoms with Gasteiger partial charge in [0.2, 0.25) is 5.91 Å². The molecule has 0 aliphatic carbocycles. The molecule has 1 aliphatic heterocycles. The molecule has 21 heavy (non-hydrogen) atoms. The molecule has 0 unspecified atom stereocenters. The Bertz CT molecular complexity index is 659. The van der Waals surface area contributed by atoms with Gasteiger partial charge in [-0.2, -0.15) is 0 Å². The minimum Gasteiger partial charge on any atom is -0.371 e. The second kappa shape index (κ2) is 5.60. The van der Waals surface area contributed by atoms with Gasteiger partial charge < -0.3 is 14.8 Å². The summed E-state index contributed by atoms with van der Waals surface area (Å²) in [7, 11) is 1.90. The molecule has 3 rings (SSSR count). The number of amides is 1. The molecule has 0 radical (unpaired) electrons. The van der Waals surface area contributed by atoms with Crippen LogP contribution in [-0.2, 0) is 4.79 Å². The Labute approximate surface area is 129 Å². The third-order valence-electron chi connectivity index (χ3n) is 4.46. The fourth-order valence-corrected chi connectivity index (χ4v) is 3.34. The van der Waals surface area contributed by atoms with Crippen molar-refractivity contribution in [3.05, 3.63) is 29.4 Å². The predicted octanol–water partition coefficient (Wildman–Crippen LogP) is 3.27. The lowest BCUT2D eigenvalue weighted by atomic mass is 10.0. The number of nitrogens with zero attached hydrogens (tertiary/aromatic N) is 2. The third kappa shape index (κ3) is 2.72. The van der Waals surface area contributed by atoms with Crippen LogP contribution in [0.3, 0.4) is 0 Å². The summed E-state index contributed by atoms with van der Waals surface area (Å²) in [5.74, 6) is 0.143. The van der Waals surface area contributed by atoms with Crippen LogP contribution in [0.2, 0.25) is 5.02 Å². The minimum atomic E-state index is 0.143. The van der Waals surface area contributed by atoms with Crippen LogP contribution in [-0.4, -0.2) is 42.0 Å². The van der Waals surface area contributed by atoms with Gasteiger partial charge in [0, 0.05) is 60.9 Å². The zero-order valence-corrected chi connectivity index (χ0v) is 13.2.